The average Bonchev–Trinajstić information content (AvgIpc) is 2.28. The van der Waals surface area contributed by atoms with Crippen LogP contribution in [0.4, 0.5) is 4.39 Å². The highest BCUT2D eigenvalue weighted by Gasteiger charge is 2.18. The van der Waals surface area contributed by atoms with Crippen molar-refractivity contribution in [3.63, 3.8) is 0 Å². The van der Waals surface area contributed by atoms with Gasteiger partial charge in [-0.3, -0.25) is 4.79 Å². The van der Waals surface area contributed by atoms with Gasteiger partial charge in [0.15, 0.2) is 0 Å². The van der Waals surface area contributed by atoms with E-state index in [1.54, 1.807) is 18.2 Å². The van der Waals surface area contributed by atoms with E-state index in [0.29, 0.717) is 5.56 Å². The van der Waals surface area contributed by atoms with Crippen LogP contribution >= 0.6 is 0 Å². The highest BCUT2D eigenvalue weighted by Crippen LogP contribution is 2.16. The first-order valence-corrected chi connectivity index (χ1v) is 6.26. The number of carbonyl (C=O) groups is 1. The Balaban J connectivity index is 2.77. The number of halogens is 1. The quantitative estimate of drug-likeness (QED) is 0.843. The largest absolute Gasteiger partial charge is 0.481 e. The van der Waals surface area contributed by atoms with Crippen LogP contribution in [-0.4, -0.2) is 11.1 Å². The summed E-state index contributed by atoms with van der Waals surface area (Å²) in [7, 11) is 0. The van der Waals surface area contributed by atoms with E-state index in [2.05, 4.69) is 11.8 Å². The molecule has 0 aliphatic carbocycles. The number of rotatable bonds is 4. The predicted octanol–water partition coefficient (Wildman–Crippen LogP) is 3.51. The monoisotopic (exact) mass is 262 g/mol. The summed E-state index contributed by atoms with van der Waals surface area (Å²) < 4.78 is 13.5. The second-order valence-electron chi connectivity index (χ2n) is 5.59. The van der Waals surface area contributed by atoms with Gasteiger partial charge < -0.3 is 5.11 Å². The Morgan fingerprint density at radius 2 is 2.00 bits per heavy atom. The van der Waals surface area contributed by atoms with Gasteiger partial charge in [-0.05, 0) is 38.8 Å². The number of carboxylic acids is 1. The Morgan fingerprint density at radius 1 is 1.37 bits per heavy atom. The van der Waals surface area contributed by atoms with Crippen LogP contribution in [0.5, 0.6) is 0 Å². The fraction of sp³-hybridized carbons (Fsp3) is 0.438. The van der Waals surface area contributed by atoms with Crippen molar-refractivity contribution >= 4 is 5.97 Å². The molecule has 1 aromatic carbocycles. The molecule has 1 rings (SSSR count). The zero-order valence-corrected chi connectivity index (χ0v) is 11.5. The van der Waals surface area contributed by atoms with Crippen molar-refractivity contribution in [2.24, 2.45) is 11.3 Å². The van der Waals surface area contributed by atoms with Crippen molar-refractivity contribution in [2.45, 2.75) is 33.6 Å². The van der Waals surface area contributed by atoms with Crippen molar-refractivity contribution in [2.75, 3.05) is 0 Å². The first-order chi connectivity index (χ1) is 8.79. The van der Waals surface area contributed by atoms with Gasteiger partial charge in [-0.15, -0.1) is 5.92 Å². The first-order valence-electron chi connectivity index (χ1n) is 6.26. The highest BCUT2D eigenvalue weighted by atomic mass is 19.1. The first kappa shape index (κ1) is 15.2. The maximum absolute atomic E-state index is 13.5. The highest BCUT2D eigenvalue weighted by molar-refractivity contribution is 5.70. The molecule has 0 fully saturated rings. The molecule has 0 aromatic heterocycles. The summed E-state index contributed by atoms with van der Waals surface area (Å²) in [6.07, 6.45) is 0.405. The molecule has 0 saturated carbocycles. The molecule has 0 saturated heterocycles. The molecule has 1 N–H and O–H groups in total. The summed E-state index contributed by atoms with van der Waals surface area (Å²) in [5.74, 6) is 3.92. The third-order valence-electron chi connectivity index (χ3n) is 2.59. The third kappa shape index (κ3) is 5.56. The van der Waals surface area contributed by atoms with Crippen molar-refractivity contribution in [1.29, 1.82) is 0 Å². The van der Waals surface area contributed by atoms with E-state index in [1.807, 2.05) is 20.8 Å². The van der Waals surface area contributed by atoms with Gasteiger partial charge in [-0.1, -0.05) is 24.1 Å². The van der Waals surface area contributed by atoms with Crippen LogP contribution in [0.3, 0.4) is 0 Å². The zero-order valence-electron chi connectivity index (χ0n) is 11.5. The van der Waals surface area contributed by atoms with E-state index in [4.69, 9.17) is 5.11 Å². The predicted molar refractivity (Wildman–Crippen MR) is 73.1 cm³/mol. The maximum Gasteiger partial charge on any atom is 0.307 e. The van der Waals surface area contributed by atoms with Gasteiger partial charge in [0, 0.05) is 11.8 Å². The van der Waals surface area contributed by atoms with Gasteiger partial charge in [-0.2, -0.15) is 0 Å². The Labute approximate surface area is 113 Å². The zero-order chi connectivity index (χ0) is 14.5. The van der Waals surface area contributed by atoms with Crippen LogP contribution in [0.2, 0.25) is 0 Å². The van der Waals surface area contributed by atoms with E-state index < -0.39 is 11.9 Å². The summed E-state index contributed by atoms with van der Waals surface area (Å²) in [4.78, 5) is 11.2. The molecule has 3 heteroatoms. The molecule has 0 aliphatic rings. The molecule has 0 amide bonds. The lowest BCUT2D eigenvalue weighted by Crippen LogP contribution is -2.16. The third-order valence-corrected chi connectivity index (χ3v) is 2.59. The van der Waals surface area contributed by atoms with Crippen molar-refractivity contribution in [1.82, 2.24) is 0 Å². The summed E-state index contributed by atoms with van der Waals surface area (Å²) in [5, 5.41) is 9.16. The molecule has 0 aliphatic heterocycles. The Kier molecular flexibility index (Phi) is 5.11. The average molecular weight is 262 g/mol. The molecule has 0 radical (unpaired) electrons. The minimum Gasteiger partial charge on any atom is -0.481 e. The van der Waals surface area contributed by atoms with Gasteiger partial charge in [0.1, 0.15) is 5.82 Å². The number of hydrogen-bond donors (Lipinski definition) is 1. The molecule has 0 heterocycles. The van der Waals surface area contributed by atoms with Gasteiger partial charge in [0.05, 0.1) is 5.92 Å². The van der Waals surface area contributed by atoms with Gasteiger partial charge in [0.25, 0.3) is 0 Å². The number of benzene rings is 1. The van der Waals surface area contributed by atoms with Crippen molar-refractivity contribution in [3.8, 4) is 11.8 Å². The minimum atomic E-state index is -0.938. The number of hydrogen-bond acceptors (Lipinski definition) is 1. The molecule has 102 valence electrons. The summed E-state index contributed by atoms with van der Waals surface area (Å²) in [6.45, 7) is 5.89. The molecule has 2 nitrogen and oxygen atoms in total. The Morgan fingerprint density at radius 3 is 2.53 bits per heavy atom. The summed E-state index contributed by atoms with van der Waals surface area (Å²) >= 11 is 0. The summed E-state index contributed by atoms with van der Waals surface area (Å²) in [6, 6.07) is 6.25. The van der Waals surface area contributed by atoms with E-state index in [0.717, 1.165) is 0 Å². The van der Waals surface area contributed by atoms with Gasteiger partial charge in [-0.25, -0.2) is 4.39 Å². The van der Waals surface area contributed by atoms with E-state index >= 15 is 0 Å². The fourth-order valence-electron chi connectivity index (χ4n) is 1.62. The standard InChI is InChI=1S/C16H19FO2/c1-16(2,3)10-6-8-13(15(18)19)11-12-7-4-5-9-14(12)17/h4-5,7,9,13H,8,11H2,1-3H3,(H,18,19). The van der Waals surface area contributed by atoms with Gasteiger partial charge >= 0.3 is 5.97 Å². The van der Waals surface area contributed by atoms with Crippen molar-refractivity contribution in [3.05, 3.63) is 35.6 Å². The van der Waals surface area contributed by atoms with Crippen LogP contribution < -0.4 is 0 Å². The van der Waals surface area contributed by atoms with Crippen LogP contribution in [0.1, 0.15) is 32.8 Å². The van der Waals surface area contributed by atoms with E-state index in [9.17, 15) is 9.18 Å². The molecule has 1 aromatic rings. The van der Waals surface area contributed by atoms with Crippen LogP contribution in [0.15, 0.2) is 24.3 Å². The lowest BCUT2D eigenvalue weighted by Gasteiger charge is -2.11. The molecule has 1 unspecified atom stereocenters. The SMILES string of the molecule is CC(C)(C)C#CCC(Cc1ccccc1F)C(=O)O. The normalized spacial score (nSPS) is 12.4. The maximum atomic E-state index is 13.5. The summed E-state index contributed by atoms with van der Waals surface area (Å²) in [5.41, 5.74) is 0.272. The molecule has 0 spiro atoms. The number of carboxylic acid groups (broad SMARTS) is 1. The Hall–Kier alpha value is -1.82. The number of aliphatic carboxylic acids is 1. The van der Waals surface area contributed by atoms with Crippen LogP contribution in [-0.2, 0) is 11.2 Å². The molecule has 0 bridgehead atoms. The van der Waals surface area contributed by atoms with Crippen LogP contribution in [0, 0.1) is 29.0 Å². The minimum absolute atomic E-state index is 0.152. The molecule has 19 heavy (non-hydrogen) atoms. The van der Waals surface area contributed by atoms with Crippen LogP contribution in [0.25, 0.3) is 0 Å². The second-order valence-corrected chi connectivity index (χ2v) is 5.59. The van der Waals surface area contributed by atoms with E-state index in [1.165, 1.54) is 6.07 Å². The fourth-order valence-corrected chi connectivity index (χ4v) is 1.62. The molecular weight excluding hydrogens is 243 g/mol. The molecule has 1 atom stereocenters. The van der Waals surface area contributed by atoms with Gasteiger partial charge in [0.2, 0.25) is 0 Å². The van der Waals surface area contributed by atoms with E-state index in [-0.39, 0.29) is 24.1 Å². The molecular formula is C16H19FO2. The Bertz CT molecular complexity index is 503. The van der Waals surface area contributed by atoms with Crippen molar-refractivity contribution < 1.29 is 14.3 Å². The lowest BCUT2D eigenvalue weighted by molar-refractivity contribution is -0.141. The second kappa shape index (κ2) is 6.38. The lowest BCUT2D eigenvalue weighted by atomic mass is 9.94. The smallest absolute Gasteiger partial charge is 0.307 e. The topological polar surface area (TPSA) is 37.3 Å².